The maximum absolute atomic E-state index is 12.9. The average molecular weight is 391 g/mol. The minimum atomic E-state index is -0.381. The Bertz CT molecular complexity index is 893. The Labute approximate surface area is 170 Å². The van der Waals surface area contributed by atoms with E-state index in [1.165, 1.54) is 5.56 Å². The molecule has 0 spiro atoms. The molecule has 0 aromatic heterocycles. The van der Waals surface area contributed by atoms with Crippen molar-refractivity contribution in [3.63, 3.8) is 0 Å². The van der Waals surface area contributed by atoms with Crippen molar-refractivity contribution in [3.8, 4) is 0 Å². The van der Waals surface area contributed by atoms with Crippen LogP contribution in [0.25, 0.3) is 0 Å². The number of carbonyl (C=O) groups excluding carboxylic acids is 3. The quantitative estimate of drug-likeness (QED) is 0.735. The van der Waals surface area contributed by atoms with E-state index in [9.17, 15) is 14.4 Å². The minimum Gasteiger partial charge on any atom is -0.340 e. The molecule has 1 unspecified atom stereocenters. The first kappa shape index (κ1) is 19.3. The number of likely N-dealkylation sites (tertiary alicyclic amines) is 1. The molecule has 29 heavy (non-hydrogen) atoms. The molecule has 2 aromatic rings. The van der Waals surface area contributed by atoms with Gasteiger partial charge in [0.15, 0.2) is 0 Å². The van der Waals surface area contributed by atoms with Crippen molar-refractivity contribution in [3.05, 3.63) is 71.3 Å². The molecule has 2 aliphatic heterocycles. The monoisotopic (exact) mass is 391 g/mol. The Morgan fingerprint density at radius 2 is 1.62 bits per heavy atom. The molecule has 0 radical (unpaired) electrons. The zero-order valence-electron chi connectivity index (χ0n) is 16.6. The fraction of sp³-hybridized carbons (Fsp3) is 0.348. The highest BCUT2D eigenvalue weighted by atomic mass is 16.2. The Morgan fingerprint density at radius 3 is 2.28 bits per heavy atom. The second kappa shape index (κ2) is 8.17. The zero-order valence-corrected chi connectivity index (χ0v) is 16.6. The first-order valence-electron chi connectivity index (χ1n) is 10.0. The van der Waals surface area contributed by atoms with Crippen molar-refractivity contribution in [2.75, 3.05) is 26.7 Å². The van der Waals surface area contributed by atoms with Crippen molar-refractivity contribution in [1.82, 2.24) is 14.7 Å². The smallest absolute Gasteiger partial charge is 0.262 e. The number of hydrogen-bond acceptors (Lipinski definition) is 4. The number of imide groups is 1. The number of amides is 3. The van der Waals surface area contributed by atoms with Crippen LogP contribution in [-0.2, 0) is 11.3 Å². The van der Waals surface area contributed by atoms with Crippen molar-refractivity contribution in [2.45, 2.75) is 25.4 Å². The van der Waals surface area contributed by atoms with Gasteiger partial charge in [-0.25, -0.2) is 0 Å². The Hall–Kier alpha value is -2.99. The third-order valence-corrected chi connectivity index (χ3v) is 5.82. The van der Waals surface area contributed by atoms with Gasteiger partial charge in [0, 0.05) is 25.7 Å². The van der Waals surface area contributed by atoms with Crippen LogP contribution >= 0.6 is 0 Å². The van der Waals surface area contributed by atoms with Gasteiger partial charge in [0.1, 0.15) is 6.54 Å². The van der Waals surface area contributed by atoms with Crippen LogP contribution in [0.3, 0.4) is 0 Å². The van der Waals surface area contributed by atoms with E-state index in [4.69, 9.17) is 0 Å². The van der Waals surface area contributed by atoms with E-state index in [1.807, 2.05) is 18.2 Å². The Balaban J connectivity index is 1.38. The maximum Gasteiger partial charge on any atom is 0.262 e. The molecule has 0 N–H and O–H groups in total. The molecule has 150 valence electrons. The Morgan fingerprint density at radius 1 is 1.00 bits per heavy atom. The van der Waals surface area contributed by atoms with Gasteiger partial charge < -0.3 is 4.90 Å². The molecule has 3 amide bonds. The lowest BCUT2D eigenvalue weighted by Crippen LogP contribution is -2.51. The second-order valence-corrected chi connectivity index (χ2v) is 7.78. The molecule has 1 saturated heterocycles. The molecule has 1 fully saturated rings. The van der Waals surface area contributed by atoms with Gasteiger partial charge in [-0.2, -0.15) is 0 Å². The van der Waals surface area contributed by atoms with Gasteiger partial charge in [0.05, 0.1) is 11.1 Å². The number of carbonyl (C=O) groups is 3. The summed E-state index contributed by atoms with van der Waals surface area (Å²) in [6, 6.07) is 17.3. The normalized spacial score (nSPS) is 19.0. The third kappa shape index (κ3) is 3.93. The molecule has 0 bridgehead atoms. The summed E-state index contributed by atoms with van der Waals surface area (Å²) in [5, 5.41) is 0. The fourth-order valence-corrected chi connectivity index (χ4v) is 4.16. The van der Waals surface area contributed by atoms with Crippen LogP contribution in [0.5, 0.6) is 0 Å². The molecular formula is C23H25N3O3. The van der Waals surface area contributed by atoms with Crippen LogP contribution in [0.1, 0.15) is 39.1 Å². The van der Waals surface area contributed by atoms with Crippen LogP contribution in [0.4, 0.5) is 0 Å². The van der Waals surface area contributed by atoms with E-state index >= 15 is 0 Å². The lowest BCUT2D eigenvalue weighted by Gasteiger charge is -2.38. The number of benzene rings is 2. The van der Waals surface area contributed by atoms with Gasteiger partial charge in [-0.1, -0.05) is 42.5 Å². The van der Waals surface area contributed by atoms with E-state index in [-0.39, 0.29) is 30.3 Å². The maximum atomic E-state index is 12.9. The molecule has 4 rings (SSSR count). The van der Waals surface area contributed by atoms with E-state index in [0.29, 0.717) is 24.2 Å². The first-order chi connectivity index (χ1) is 14.0. The first-order valence-corrected chi connectivity index (χ1v) is 10.0. The highest BCUT2D eigenvalue weighted by Crippen LogP contribution is 2.23. The number of hydrogen-bond donors (Lipinski definition) is 0. The summed E-state index contributed by atoms with van der Waals surface area (Å²) in [4.78, 5) is 43.1. The lowest BCUT2D eigenvalue weighted by atomic mass is 10.0. The van der Waals surface area contributed by atoms with Gasteiger partial charge >= 0.3 is 0 Å². The van der Waals surface area contributed by atoms with Gasteiger partial charge in [0.2, 0.25) is 5.91 Å². The molecule has 6 nitrogen and oxygen atoms in total. The highest BCUT2D eigenvalue weighted by molar-refractivity contribution is 6.22. The third-order valence-electron chi connectivity index (χ3n) is 5.82. The van der Waals surface area contributed by atoms with E-state index in [1.54, 1.807) is 29.2 Å². The summed E-state index contributed by atoms with van der Waals surface area (Å²) in [7, 11) is 2.08. The van der Waals surface area contributed by atoms with E-state index in [2.05, 4.69) is 24.1 Å². The van der Waals surface area contributed by atoms with Crippen molar-refractivity contribution >= 4 is 17.7 Å². The van der Waals surface area contributed by atoms with Crippen molar-refractivity contribution in [1.29, 1.82) is 0 Å². The number of rotatable bonds is 5. The SMILES string of the molecule is CN(Cc1ccccc1)C1CCCN(C(=O)CN2C(=O)c3ccccc3C2=O)C1. The number of fused-ring (bicyclic) bond motifs is 1. The molecule has 1 atom stereocenters. The molecular weight excluding hydrogens is 366 g/mol. The van der Waals surface area contributed by atoms with Gasteiger partial charge in [-0.15, -0.1) is 0 Å². The number of piperidine rings is 1. The standard InChI is InChI=1S/C23H25N3O3/c1-24(14-17-8-3-2-4-9-17)18-10-7-13-25(15-18)21(27)16-26-22(28)19-11-5-6-12-20(19)23(26)29/h2-6,8-9,11-12,18H,7,10,13-16H2,1H3. The molecule has 0 aliphatic carbocycles. The van der Waals surface area contributed by atoms with Crippen LogP contribution in [0.2, 0.25) is 0 Å². The van der Waals surface area contributed by atoms with Gasteiger partial charge in [-0.3, -0.25) is 24.2 Å². The lowest BCUT2D eigenvalue weighted by molar-refractivity contribution is -0.133. The summed E-state index contributed by atoms with van der Waals surface area (Å²) < 4.78 is 0. The summed E-state index contributed by atoms with van der Waals surface area (Å²) in [6.45, 7) is 1.91. The predicted molar refractivity (Wildman–Crippen MR) is 109 cm³/mol. The fourth-order valence-electron chi connectivity index (χ4n) is 4.16. The second-order valence-electron chi connectivity index (χ2n) is 7.78. The molecule has 0 saturated carbocycles. The van der Waals surface area contributed by atoms with Crippen molar-refractivity contribution < 1.29 is 14.4 Å². The molecule has 6 heteroatoms. The van der Waals surface area contributed by atoms with Crippen LogP contribution < -0.4 is 0 Å². The summed E-state index contributed by atoms with van der Waals surface area (Å²) in [5.74, 6) is -0.931. The Kier molecular flexibility index (Phi) is 5.45. The predicted octanol–water partition coefficient (Wildman–Crippen LogP) is 2.41. The number of nitrogens with zero attached hydrogens (tertiary/aromatic N) is 3. The summed E-state index contributed by atoms with van der Waals surface area (Å²) >= 11 is 0. The van der Waals surface area contributed by atoms with Crippen molar-refractivity contribution in [2.24, 2.45) is 0 Å². The topological polar surface area (TPSA) is 60.9 Å². The summed E-state index contributed by atoms with van der Waals surface area (Å²) in [5.41, 5.74) is 2.00. The molecule has 2 aromatic carbocycles. The van der Waals surface area contributed by atoms with E-state index in [0.717, 1.165) is 24.3 Å². The molecule has 2 aliphatic rings. The van der Waals surface area contributed by atoms with Gasteiger partial charge in [0.25, 0.3) is 11.8 Å². The van der Waals surface area contributed by atoms with Crippen LogP contribution in [0.15, 0.2) is 54.6 Å². The van der Waals surface area contributed by atoms with Gasteiger partial charge in [-0.05, 0) is 37.6 Å². The largest absolute Gasteiger partial charge is 0.340 e. The minimum absolute atomic E-state index is 0.169. The van der Waals surface area contributed by atoms with Crippen LogP contribution in [-0.4, -0.2) is 65.1 Å². The highest BCUT2D eigenvalue weighted by Gasteiger charge is 2.37. The van der Waals surface area contributed by atoms with E-state index < -0.39 is 0 Å². The zero-order chi connectivity index (χ0) is 20.4. The summed E-state index contributed by atoms with van der Waals surface area (Å²) in [6.07, 6.45) is 1.94. The average Bonchev–Trinajstić information content (AvgIpc) is 2.99. The number of likely N-dealkylation sites (N-methyl/N-ethyl adjacent to an activating group) is 1. The van der Waals surface area contributed by atoms with Crippen LogP contribution in [0, 0.1) is 0 Å². The molecule has 2 heterocycles.